The van der Waals surface area contributed by atoms with Gasteiger partial charge in [0.05, 0.1) is 12.5 Å². The summed E-state index contributed by atoms with van der Waals surface area (Å²) in [5.74, 6) is -1.10. The SMILES string of the molecule is C=COC(=O)NCCC[Si](O[Si](C)(C)C)(O[Si](C)(C)C)O[Si](C)(C)C.C=COC(=O)ON1C(=O)CCC1=O.C[Si](C)(C)O[Si](CCCN)(O[Si](C)(C)C)O[Si](C)(C)C. The molecule has 0 spiro atoms. The van der Waals surface area contributed by atoms with Gasteiger partial charge in [-0.1, -0.05) is 18.2 Å². The highest BCUT2D eigenvalue weighted by Gasteiger charge is 2.50. The number of amides is 3. The Morgan fingerprint density at radius 1 is 0.586 bits per heavy atom. The highest BCUT2D eigenvalue weighted by molar-refractivity contribution is 6.91. The minimum atomic E-state index is -2.82. The van der Waals surface area contributed by atoms with Gasteiger partial charge in [-0.2, -0.15) is 0 Å². The lowest BCUT2D eigenvalue weighted by Crippen LogP contribution is -2.60. The number of ether oxygens (including phenoxy) is 2. The van der Waals surface area contributed by atoms with E-state index in [1.54, 1.807) is 0 Å². The summed E-state index contributed by atoms with van der Waals surface area (Å²) in [7, 11) is -16.2. The van der Waals surface area contributed by atoms with Crippen molar-refractivity contribution in [3.63, 3.8) is 0 Å². The van der Waals surface area contributed by atoms with E-state index in [9.17, 15) is 19.2 Å². The summed E-state index contributed by atoms with van der Waals surface area (Å²) >= 11 is 0. The Balaban J connectivity index is 0. The number of nitrogens with zero attached hydrogens (tertiary/aromatic N) is 1. The van der Waals surface area contributed by atoms with E-state index in [1.165, 1.54) is 0 Å². The molecule has 0 aliphatic carbocycles. The van der Waals surface area contributed by atoms with Gasteiger partial charge < -0.3 is 45.2 Å². The van der Waals surface area contributed by atoms with E-state index in [0.29, 0.717) is 24.2 Å². The van der Waals surface area contributed by atoms with Gasteiger partial charge in [-0.25, -0.2) is 9.59 Å². The molecular weight excluding hydrogens is 883 g/mol. The van der Waals surface area contributed by atoms with E-state index in [-0.39, 0.29) is 12.8 Å². The monoisotopic (exact) mass is 961 g/mol. The zero-order chi connectivity index (χ0) is 46.0. The normalized spacial score (nSPS) is 14.4. The van der Waals surface area contributed by atoms with Crippen LogP contribution < -0.4 is 11.1 Å². The van der Waals surface area contributed by atoms with Crippen LogP contribution in [0, 0.1) is 0 Å². The maximum Gasteiger partial charge on any atom is 0.538 e. The first-order valence-electron chi connectivity index (χ1n) is 19.7. The smallest absolute Gasteiger partial charge is 0.419 e. The molecule has 1 heterocycles. The number of nitrogens with one attached hydrogen (secondary N) is 1. The van der Waals surface area contributed by atoms with Crippen molar-refractivity contribution in [3.05, 3.63) is 25.7 Å². The average Bonchev–Trinajstić information content (AvgIpc) is 3.26. The molecule has 0 aromatic rings. The van der Waals surface area contributed by atoms with Crippen molar-refractivity contribution in [2.24, 2.45) is 5.73 Å². The highest BCUT2D eigenvalue weighted by atomic mass is 28.5. The number of carbonyl (C=O) groups is 4. The number of nitrogens with two attached hydrogens (primary N) is 1. The van der Waals surface area contributed by atoms with Crippen LogP contribution in [0.5, 0.6) is 0 Å². The number of carbonyl (C=O) groups excluding carboxylic acids is 4. The van der Waals surface area contributed by atoms with E-state index in [1.807, 2.05) is 0 Å². The Morgan fingerprint density at radius 2 is 0.897 bits per heavy atom. The molecule has 0 atom stereocenters. The Hall–Kier alpha value is -1.38. The number of hydrogen-bond donors (Lipinski definition) is 2. The second kappa shape index (κ2) is 24.9. The van der Waals surface area contributed by atoms with Crippen molar-refractivity contribution in [2.75, 3.05) is 13.1 Å². The average molecular weight is 963 g/mol. The molecule has 3 N–H and O–H groups in total. The van der Waals surface area contributed by atoms with Crippen LogP contribution in [-0.4, -0.2) is 110 Å². The Kier molecular flexibility index (Phi) is 25.2. The van der Waals surface area contributed by atoms with Gasteiger partial charge in [0, 0.05) is 31.5 Å². The lowest BCUT2D eigenvalue weighted by molar-refractivity contribution is -0.175. The van der Waals surface area contributed by atoms with Gasteiger partial charge in [0.15, 0.2) is 49.9 Å². The van der Waals surface area contributed by atoms with Crippen LogP contribution in [-0.2, 0) is 48.6 Å². The fourth-order valence-electron chi connectivity index (χ4n) is 4.98. The van der Waals surface area contributed by atoms with Crippen molar-refractivity contribution in [1.29, 1.82) is 0 Å². The summed E-state index contributed by atoms with van der Waals surface area (Å²) in [6, 6.07) is 1.54. The first kappa shape index (κ1) is 58.7. The molecule has 340 valence electrons. The molecule has 1 rings (SSSR count). The molecule has 0 aromatic heterocycles. The second-order valence-electron chi connectivity index (χ2n) is 19.4. The molecule has 1 saturated heterocycles. The molecule has 0 unspecified atom stereocenters. The van der Waals surface area contributed by atoms with Crippen LogP contribution in [0.2, 0.25) is 130 Å². The number of hydroxylamine groups is 2. The van der Waals surface area contributed by atoms with Gasteiger partial charge in [0.25, 0.3) is 11.8 Å². The lowest BCUT2D eigenvalue weighted by atomic mass is 10.4. The maximum atomic E-state index is 11.4. The van der Waals surface area contributed by atoms with Gasteiger partial charge in [-0.3, -0.25) is 14.4 Å². The minimum Gasteiger partial charge on any atom is -0.419 e. The summed E-state index contributed by atoms with van der Waals surface area (Å²) in [6.45, 7) is 46.9. The van der Waals surface area contributed by atoms with E-state index in [0.717, 1.165) is 31.4 Å². The topological polar surface area (TPSA) is 193 Å². The summed E-state index contributed by atoms with van der Waals surface area (Å²) in [4.78, 5) is 48.0. The fraction of sp³-hybridized carbons (Fsp3) is 0.765. The van der Waals surface area contributed by atoms with Crippen LogP contribution in [0.4, 0.5) is 9.59 Å². The Morgan fingerprint density at radius 3 is 1.17 bits per heavy atom. The van der Waals surface area contributed by atoms with Crippen LogP contribution >= 0.6 is 0 Å². The number of hydrogen-bond acceptors (Lipinski definition) is 14. The third kappa shape index (κ3) is 31.5. The van der Waals surface area contributed by atoms with Crippen molar-refractivity contribution in [1.82, 2.24) is 10.4 Å². The molecule has 1 aliphatic heterocycles. The molecule has 1 aliphatic rings. The van der Waals surface area contributed by atoms with Crippen LogP contribution in [0.3, 0.4) is 0 Å². The summed E-state index contributed by atoms with van der Waals surface area (Å²) in [5, 5.41) is 3.10. The van der Waals surface area contributed by atoms with Crippen LogP contribution in [0.1, 0.15) is 25.7 Å². The zero-order valence-corrected chi connectivity index (χ0v) is 47.1. The first-order valence-corrected chi connectivity index (χ1v) is 44.0. The lowest BCUT2D eigenvalue weighted by Gasteiger charge is -2.43. The second-order valence-corrected chi connectivity index (χ2v) is 53.3. The predicted octanol–water partition coefficient (Wildman–Crippen LogP) is 8.92. The van der Waals surface area contributed by atoms with Crippen LogP contribution in [0.25, 0.3) is 0 Å². The fourth-order valence-corrected chi connectivity index (χ4v) is 34.3. The van der Waals surface area contributed by atoms with Gasteiger partial charge in [-0.05, 0) is 137 Å². The van der Waals surface area contributed by atoms with Crippen molar-refractivity contribution in [3.8, 4) is 0 Å². The van der Waals surface area contributed by atoms with Gasteiger partial charge in [0.1, 0.15) is 0 Å². The number of imide groups is 1. The molecule has 0 aromatic carbocycles. The predicted molar refractivity (Wildman–Crippen MR) is 250 cm³/mol. The van der Waals surface area contributed by atoms with E-state index in [2.05, 4.69) is 151 Å². The van der Waals surface area contributed by atoms with Gasteiger partial charge >= 0.3 is 29.9 Å². The molecule has 16 nitrogen and oxygen atoms in total. The quantitative estimate of drug-likeness (QED) is 0.0344. The van der Waals surface area contributed by atoms with Crippen molar-refractivity contribution >= 4 is 91.6 Å². The molecule has 3 amide bonds. The van der Waals surface area contributed by atoms with Crippen molar-refractivity contribution in [2.45, 2.75) is 156 Å². The van der Waals surface area contributed by atoms with Crippen LogP contribution in [0.15, 0.2) is 25.7 Å². The number of rotatable bonds is 22. The molecule has 0 bridgehead atoms. The standard InChI is InChI=1S/C15H37NO5Si4.C12H35NO3Si4.C7H7NO5/c1-11-18-15(17)16-13-12-14-25(19-22(2,3)4,20-23(5,6)7)21-24(8,9)10;1-17(2,3)14-20(12-10-11-13,15-18(4,5)6)16-19(7,8)9;1-2-12-7(11)13-8-5(9)3-4-6(8)10/h11H,1,12-14H2,2-10H3,(H,16,17);10-13H2,1-9H3;2H,1,3-4H2. The molecular formula is C34H79N3O13Si8. The number of alkyl carbamates (subject to hydrolysis) is 1. The maximum absolute atomic E-state index is 11.4. The Labute approximate surface area is 358 Å². The third-order valence-corrected chi connectivity index (χ3v) is 30.0. The molecule has 1 fully saturated rings. The molecule has 0 saturated carbocycles. The van der Waals surface area contributed by atoms with Gasteiger partial charge in [-0.15, -0.1) is 0 Å². The van der Waals surface area contributed by atoms with Crippen molar-refractivity contribution < 1.29 is 58.2 Å². The van der Waals surface area contributed by atoms with E-state index < -0.39 is 91.6 Å². The summed E-state index contributed by atoms with van der Waals surface area (Å²) in [5.41, 5.74) is 5.72. The van der Waals surface area contributed by atoms with Gasteiger partial charge in [0.2, 0.25) is 0 Å². The molecule has 0 radical (unpaired) electrons. The zero-order valence-electron chi connectivity index (χ0n) is 39.1. The summed E-state index contributed by atoms with van der Waals surface area (Å²) < 4.78 is 48.1. The molecule has 24 heteroatoms. The largest absolute Gasteiger partial charge is 0.538 e. The Bertz CT molecular complexity index is 1220. The third-order valence-electron chi connectivity index (χ3n) is 5.93. The van der Waals surface area contributed by atoms with E-state index >= 15 is 0 Å². The summed E-state index contributed by atoms with van der Waals surface area (Å²) in [6.07, 6.45) is 2.05. The van der Waals surface area contributed by atoms with E-state index in [4.69, 9.17) is 30.4 Å². The highest BCUT2D eigenvalue weighted by Crippen LogP contribution is 2.31. The minimum absolute atomic E-state index is 0.0558. The first-order chi connectivity index (χ1) is 25.9. The molecule has 58 heavy (non-hydrogen) atoms.